The highest BCUT2D eigenvalue weighted by Gasteiger charge is 2.35. The van der Waals surface area contributed by atoms with Gasteiger partial charge in [0, 0.05) is 24.4 Å². The van der Waals surface area contributed by atoms with Crippen LogP contribution in [0.25, 0.3) is 6.08 Å². The zero-order valence-corrected chi connectivity index (χ0v) is 13.9. The van der Waals surface area contributed by atoms with Crippen molar-refractivity contribution in [3.8, 4) is 17.2 Å². The Kier molecular flexibility index (Phi) is 3.84. The quantitative estimate of drug-likeness (QED) is 0.845. The molecule has 4 rings (SSSR count). The van der Waals surface area contributed by atoms with Gasteiger partial charge in [-0.15, -0.1) is 0 Å². The van der Waals surface area contributed by atoms with Crippen molar-refractivity contribution in [2.75, 3.05) is 14.2 Å². The van der Waals surface area contributed by atoms with E-state index in [2.05, 4.69) is 22.1 Å². The van der Waals surface area contributed by atoms with Gasteiger partial charge in [0.15, 0.2) is 11.5 Å². The van der Waals surface area contributed by atoms with Crippen LogP contribution in [-0.2, 0) is 6.42 Å². The number of rotatable bonds is 5. The minimum absolute atomic E-state index is 0.131. The van der Waals surface area contributed by atoms with Gasteiger partial charge in [0.1, 0.15) is 12.4 Å². The molecule has 1 aliphatic heterocycles. The zero-order chi connectivity index (χ0) is 16.5. The Balaban J connectivity index is 1.78. The first kappa shape index (κ1) is 15.0. The van der Waals surface area contributed by atoms with Gasteiger partial charge in [-0.25, -0.2) is 9.97 Å². The molecule has 0 saturated heterocycles. The zero-order valence-electron chi connectivity index (χ0n) is 13.9. The number of benzene rings is 1. The van der Waals surface area contributed by atoms with E-state index in [1.54, 1.807) is 14.2 Å². The second kappa shape index (κ2) is 6.15. The average molecular weight is 324 g/mol. The highest BCUT2D eigenvalue weighted by molar-refractivity contribution is 5.72. The largest absolute Gasteiger partial charge is 0.493 e. The second-order valence-electron chi connectivity index (χ2n) is 6.22. The van der Waals surface area contributed by atoms with Crippen LogP contribution in [0, 0.1) is 5.92 Å². The fourth-order valence-electron chi connectivity index (χ4n) is 3.16. The number of fused-ring (bicyclic) bond motifs is 1. The maximum absolute atomic E-state index is 6.28. The molecule has 0 radical (unpaired) electrons. The highest BCUT2D eigenvalue weighted by atomic mass is 16.5. The molecule has 0 N–H and O–H groups in total. The monoisotopic (exact) mass is 324 g/mol. The fourth-order valence-corrected chi connectivity index (χ4v) is 3.16. The molecule has 1 unspecified atom stereocenters. The smallest absolute Gasteiger partial charge is 0.203 e. The molecule has 1 fully saturated rings. The summed E-state index contributed by atoms with van der Waals surface area (Å²) in [5.41, 5.74) is 3.21. The van der Waals surface area contributed by atoms with Gasteiger partial charge in [0.05, 0.1) is 14.2 Å². The SMILES string of the molecule is COc1cc(Cc2cncnc2)c2c(c1OC)OC(C1CC1)C=C2. The molecule has 2 aliphatic rings. The lowest BCUT2D eigenvalue weighted by Gasteiger charge is -2.26. The maximum atomic E-state index is 6.28. The molecule has 0 amide bonds. The van der Waals surface area contributed by atoms with Crippen LogP contribution in [0.1, 0.15) is 29.5 Å². The lowest BCUT2D eigenvalue weighted by Crippen LogP contribution is -2.20. The molecular weight excluding hydrogens is 304 g/mol. The average Bonchev–Trinajstić information content (AvgIpc) is 3.47. The van der Waals surface area contributed by atoms with Gasteiger partial charge in [-0.2, -0.15) is 0 Å². The minimum Gasteiger partial charge on any atom is -0.493 e. The molecule has 1 aromatic heterocycles. The Morgan fingerprint density at radius 3 is 2.62 bits per heavy atom. The van der Waals surface area contributed by atoms with E-state index >= 15 is 0 Å². The summed E-state index contributed by atoms with van der Waals surface area (Å²) < 4.78 is 17.4. The third-order valence-corrected chi connectivity index (χ3v) is 4.55. The fraction of sp³-hybridized carbons (Fsp3) is 0.368. The summed E-state index contributed by atoms with van der Waals surface area (Å²) in [5.74, 6) is 2.75. The molecule has 1 aliphatic carbocycles. The first-order chi connectivity index (χ1) is 11.8. The maximum Gasteiger partial charge on any atom is 0.203 e. The van der Waals surface area contributed by atoms with Crippen molar-refractivity contribution >= 4 is 6.08 Å². The van der Waals surface area contributed by atoms with Crippen LogP contribution >= 0.6 is 0 Å². The van der Waals surface area contributed by atoms with Crippen LogP contribution < -0.4 is 14.2 Å². The first-order valence-corrected chi connectivity index (χ1v) is 8.16. The summed E-state index contributed by atoms with van der Waals surface area (Å²) in [6, 6.07) is 2.01. The molecular formula is C19H20N2O3. The van der Waals surface area contributed by atoms with Gasteiger partial charge in [0.25, 0.3) is 0 Å². The van der Waals surface area contributed by atoms with Crippen molar-refractivity contribution in [2.24, 2.45) is 5.92 Å². The molecule has 2 heterocycles. The molecule has 124 valence electrons. The molecule has 0 spiro atoms. The molecule has 0 bridgehead atoms. The van der Waals surface area contributed by atoms with E-state index in [4.69, 9.17) is 14.2 Å². The van der Waals surface area contributed by atoms with Gasteiger partial charge in [0.2, 0.25) is 5.75 Å². The van der Waals surface area contributed by atoms with Crippen LogP contribution in [-0.4, -0.2) is 30.3 Å². The summed E-state index contributed by atoms with van der Waals surface area (Å²) in [6.45, 7) is 0. The van der Waals surface area contributed by atoms with E-state index in [9.17, 15) is 0 Å². The van der Waals surface area contributed by atoms with Crippen molar-refractivity contribution in [3.05, 3.63) is 47.6 Å². The highest BCUT2D eigenvalue weighted by Crippen LogP contribution is 2.48. The predicted octanol–water partition coefficient (Wildman–Crippen LogP) is 3.27. The van der Waals surface area contributed by atoms with E-state index in [0.717, 1.165) is 22.4 Å². The summed E-state index contributed by atoms with van der Waals surface area (Å²) in [6.07, 6.45) is 12.8. The van der Waals surface area contributed by atoms with E-state index in [0.29, 0.717) is 23.8 Å². The van der Waals surface area contributed by atoms with E-state index in [-0.39, 0.29) is 6.10 Å². The Bertz CT molecular complexity index is 770. The van der Waals surface area contributed by atoms with Gasteiger partial charge >= 0.3 is 0 Å². The Morgan fingerprint density at radius 2 is 1.96 bits per heavy atom. The minimum atomic E-state index is 0.131. The normalized spacial score (nSPS) is 18.7. The van der Waals surface area contributed by atoms with Crippen molar-refractivity contribution in [1.82, 2.24) is 9.97 Å². The third kappa shape index (κ3) is 2.70. The molecule has 5 nitrogen and oxygen atoms in total. The topological polar surface area (TPSA) is 53.5 Å². The number of nitrogens with zero attached hydrogens (tertiary/aromatic N) is 2. The lowest BCUT2D eigenvalue weighted by molar-refractivity contribution is 0.209. The summed E-state index contributed by atoms with van der Waals surface area (Å²) in [5, 5.41) is 0. The van der Waals surface area contributed by atoms with Gasteiger partial charge in [-0.05, 0) is 42.0 Å². The molecule has 5 heteroatoms. The number of hydrogen-bond acceptors (Lipinski definition) is 5. The number of aromatic nitrogens is 2. The van der Waals surface area contributed by atoms with Gasteiger partial charge in [-0.3, -0.25) is 0 Å². The molecule has 1 aromatic carbocycles. The summed E-state index contributed by atoms with van der Waals surface area (Å²) in [4.78, 5) is 8.19. The molecule has 1 saturated carbocycles. The van der Waals surface area contributed by atoms with E-state index in [1.807, 2.05) is 18.5 Å². The van der Waals surface area contributed by atoms with Crippen LogP contribution in [0.2, 0.25) is 0 Å². The van der Waals surface area contributed by atoms with E-state index < -0.39 is 0 Å². The standard InChI is InChI=1S/C19H20N2O3/c1-22-17-8-14(7-12-9-20-11-21-10-12)15-5-6-16(13-3-4-13)24-18(15)19(17)23-2/h5-6,8-11,13,16H,3-4,7H2,1-2H3. The number of hydrogen-bond donors (Lipinski definition) is 0. The van der Waals surface area contributed by atoms with Crippen LogP contribution in [0.5, 0.6) is 17.2 Å². The van der Waals surface area contributed by atoms with Crippen molar-refractivity contribution < 1.29 is 14.2 Å². The van der Waals surface area contributed by atoms with Crippen molar-refractivity contribution in [1.29, 1.82) is 0 Å². The predicted molar refractivity (Wildman–Crippen MR) is 90.6 cm³/mol. The molecule has 1 atom stereocenters. The number of methoxy groups -OCH3 is 2. The number of ether oxygens (including phenoxy) is 3. The van der Waals surface area contributed by atoms with E-state index in [1.165, 1.54) is 19.2 Å². The lowest BCUT2D eigenvalue weighted by atomic mass is 9.96. The van der Waals surface area contributed by atoms with Gasteiger partial charge in [-0.1, -0.05) is 6.08 Å². The van der Waals surface area contributed by atoms with Crippen LogP contribution in [0.3, 0.4) is 0 Å². The summed E-state index contributed by atoms with van der Waals surface area (Å²) in [7, 11) is 3.30. The van der Waals surface area contributed by atoms with Crippen molar-refractivity contribution in [2.45, 2.75) is 25.4 Å². The van der Waals surface area contributed by atoms with Crippen molar-refractivity contribution in [3.63, 3.8) is 0 Å². The first-order valence-electron chi connectivity index (χ1n) is 8.16. The van der Waals surface area contributed by atoms with Gasteiger partial charge < -0.3 is 14.2 Å². The van der Waals surface area contributed by atoms with Crippen LogP contribution in [0.4, 0.5) is 0 Å². The summed E-state index contributed by atoms with van der Waals surface area (Å²) >= 11 is 0. The van der Waals surface area contributed by atoms with Crippen LogP contribution in [0.15, 0.2) is 30.9 Å². The third-order valence-electron chi connectivity index (χ3n) is 4.55. The Morgan fingerprint density at radius 1 is 1.17 bits per heavy atom. The molecule has 24 heavy (non-hydrogen) atoms. The Labute approximate surface area is 141 Å². The second-order valence-corrected chi connectivity index (χ2v) is 6.22. The molecule has 2 aromatic rings. The Hall–Kier alpha value is -2.56.